The molecule has 4 rings (SSSR count). The van der Waals surface area contributed by atoms with Gasteiger partial charge in [0.25, 0.3) is 5.69 Å². The third-order valence-corrected chi connectivity index (χ3v) is 8.29. The summed E-state index contributed by atoms with van der Waals surface area (Å²) < 4.78 is 0. The third kappa shape index (κ3) is 3.54. The fraction of sp³-hybridized carbons (Fsp3) is 0.409. The molecule has 1 fully saturated rings. The Kier molecular flexibility index (Phi) is 5.68. The topological polar surface area (TPSA) is 92.5 Å². The first-order valence-electron chi connectivity index (χ1n) is 9.96. The zero-order valence-electron chi connectivity index (χ0n) is 16.6. The van der Waals surface area contributed by atoms with Crippen LogP contribution in [0.5, 0.6) is 0 Å². The van der Waals surface area contributed by atoms with Gasteiger partial charge in [0.15, 0.2) is 0 Å². The number of fused-ring (bicyclic) bond motifs is 3. The van der Waals surface area contributed by atoms with Crippen LogP contribution in [0.3, 0.4) is 0 Å². The van der Waals surface area contributed by atoms with E-state index in [1.807, 2.05) is 6.07 Å². The molecule has 30 heavy (non-hydrogen) atoms. The Morgan fingerprint density at radius 1 is 1.27 bits per heavy atom. The molecule has 1 aliphatic heterocycles. The molecule has 2 N–H and O–H groups in total. The van der Waals surface area contributed by atoms with Crippen molar-refractivity contribution in [3.63, 3.8) is 0 Å². The second-order valence-corrected chi connectivity index (χ2v) is 10.0. The fourth-order valence-corrected chi connectivity index (χ4v) is 6.83. The van der Waals surface area contributed by atoms with Gasteiger partial charge < -0.3 is 10.4 Å². The van der Waals surface area contributed by atoms with E-state index < -0.39 is 5.97 Å². The molecule has 158 valence electrons. The highest BCUT2D eigenvalue weighted by Crippen LogP contribution is 2.56. The van der Waals surface area contributed by atoms with Gasteiger partial charge in [0.05, 0.1) is 26.4 Å². The minimum Gasteiger partial charge on any atom is -0.478 e. The van der Waals surface area contributed by atoms with Gasteiger partial charge in [-0.1, -0.05) is 38.1 Å². The summed E-state index contributed by atoms with van der Waals surface area (Å²) in [5, 5.41) is 24.3. The van der Waals surface area contributed by atoms with Crippen molar-refractivity contribution in [1.29, 1.82) is 0 Å². The van der Waals surface area contributed by atoms with E-state index in [0.717, 1.165) is 12.0 Å². The molecule has 2 aromatic rings. The van der Waals surface area contributed by atoms with Crippen LogP contribution in [0.25, 0.3) is 0 Å². The number of rotatable bonds is 5. The number of carboxylic acid groups (broad SMARTS) is 1. The molecule has 8 heteroatoms. The molecule has 1 heterocycles. The van der Waals surface area contributed by atoms with Gasteiger partial charge >= 0.3 is 5.97 Å². The summed E-state index contributed by atoms with van der Waals surface area (Å²) in [4.78, 5) is 23.5. The van der Waals surface area contributed by atoms with E-state index in [0.29, 0.717) is 10.6 Å². The van der Waals surface area contributed by atoms with Gasteiger partial charge in [-0.15, -0.1) is 23.4 Å². The lowest BCUT2D eigenvalue weighted by atomic mass is 9.75. The molecule has 2 aromatic carbocycles. The number of nitro benzene ring substituents is 1. The summed E-state index contributed by atoms with van der Waals surface area (Å²) in [6.07, 6.45) is 0.808. The zero-order chi connectivity index (χ0) is 21.6. The number of hydrogen-bond donors (Lipinski definition) is 2. The van der Waals surface area contributed by atoms with Crippen LogP contribution in [0.15, 0.2) is 47.4 Å². The monoisotopic (exact) mass is 446 g/mol. The van der Waals surface area contributed by atoms with Crippen LogP contribution in [0, 0.1) is 22.0 Å². The van der Waals surface area contributed by atoms with E-state index in [2.05, 4.69) is 19.2 Å². The Hall–Kier alpha value is -2.25. The Morgan fingerprint density at radius 2 is 2.00 bits per heavy atom. The number of halogens is 1. The lowest BCUT2D eigenvalue weighted by Crippen LogP contribution is -2.41. The first-order chi connectivity index (χ1) is 14.3. The van der Waals surface area contributed by atoms with Gasteiger partial charge in [0.2, 0.25) is 0 Å². The molecule has 0 radical (unpaired) electrons. The summed E-state index contributed by atoms with van der Waals surface area (Å²) in [5.41, 5.74) is 1.94. The third-order valence-electron chi connectivity index (χ3n) is 6.18. The standard InChI is InChI=1S/C22H23ClN2O4S/c1-11(2)20-14-10-17(30-16-9-4-3-8-15(16)25(28)29)19(23)18(14)12-6-5-7-13(22(26)27)21(12)24-20/h3-9,11,14,17-20,24H,10H2,1-2H3,(H,26,27)/t14-,17+,18+,19+,20-/m1/s1. The predicted molar refractivity (Wildman–Crippen MR) is 119 cm³/mol. The maximum Gasteiger partial charge on any atom is 0.337 e. The van der Waals surface area contributed by atoms with E-state index in [1.54, 1.807) is 30.3 Å². The van der Waals surface area contributed by atoms with Crippen LogP contribution in [0.2, 0.25) is 0 Å². The highest BCUT2D eigenvalue weighted by molar-refractivity contribution is 8.00. The molecule has 0 aromatic heterocycles. The van der Waals surface area contributed by atoms with Crippen LogP contribution in [-0.2, 0) is 0 Å². The smallest absolute Gasteiger partial charge is 0.337 e. The molecular formula is C22H23ClN2O4S. The van der Waals surface area contributed by atoms with E-state index in [1.165, 1.54) is 17.8 Å². The van der Waals surface area contributed by atoms with Crippen LogP contribution in [-0.4, -0.2) is 32.7 Å². The molecule has 6 nitrogen and oxygen atoms in total. The fourth-order valence-electron chi connectivity index (χ4n) is 4.89. The van der Waals surface area contributed by atoms with Crippen molar-refractivity contribution in [2.45, 2.75) is 47.8 Å². The van der Waals surface area contributed by atoms with Crippen molar-refractivity contribution in [2.75, 3.05) is 5.32 Å². The highest BCUT2D eigenvalue weighted by Gasteiger charge is 2.51. The SMILES string of the molecule is CC(C)[C@H]1Nc2c(C(=O)O)cccc2[C@@H]2[C@@H](Cl)[C@@H](Sc3ccccc3[N+](=O)[O-])C[C@H]21. The molecule has 5 atom stereocenters. The number of carbonyl (C=O) groups is 1. The summed E-state index contributed by atoms with van der Waals surface area (Å²) in [5.74, 6) is -0.458. The largest absolute Gasteiger partial charge is 0.478 e. The van der Waals surface area contributed by atoms with Gasteiger partial charge in [-0.25, -0.2) is 4.79 Å². The number of alkyl halides is 1. The van der Waals surface area contributed by atoms with Crippen molar-refractivity contribution in [3.05, 3.63) is 63.7 Å². The Morgan fingerprint density at radius 3 is 2.67 bits per heavy atom. The van der Waals surface area contributed by atoms with Crippen molar-refractivity contribution in [3.8, 4) is 0 Å². The van der Waals surface area contributed by atoms with Crippen molar-refractivity contribution in [1.82, 2.24) is 0 Å². The molecule has 0 spiro atoms. The number of thioether (sulfide) groups is 1. The molecule has 1 saturated carbocycles. The number of carboxylic acids is 1. The predicted octanol–water partition coefficient (Wildman–Crippen LogP) is 5.61. The summed E-state index contributed by atoms with van der Waals surface area (Å²) in [6.45, 7) is 4.24. The average Bonchev–Trinajstić information content (AvgIpc) is 3.03. The second-order valence-electron chi connectivity index (χ2n) is 8.24. The minimum absolute atomic E-state index is 0.00474. The summed E-state index contributed by atoms with van der Waals surface area (Å²) in [7, 11) is 0. The first kappa shape index (κ1) is 21.0. The number of nitrogens with one attached hydrogen (secondary N) is 1. The van der Waals surface area contributed by atoms with Gasteiger partial charge in [-0.05, 0) is 36.0 Å². The number of nitrogens with zero attached hydrogens (tertiary/aromatic N) is 1. The van der Waals surface area contributed by atoms with Crippen LogP contribution >= 0.6 is 23.4 Å². The summed E-state index contributed by atoms with van der Waals surface area (Å²) in [6, 6.07) is 12.2. The first-order valence-corrected chi connectivity index (χ1v) is 11.3. The minimum atomic E-state index is -0.963. The lowest BCUT2D eigenvalue weighted by Gasteiger charge is -2.40. The second kappa shape index (κ2) is 8.12. The van der Waals surface area contributed by atoms with Crippen LogP contribution < -0.4 is 5.32 Å². The number of hydrogen-bond acceptors (Lipinski definition) is 5. The molecule has 0 saturated heterocycles. The molecule has 2 aliphatic rings. The Bertz CT molecular complexity index is 999. The number of para-hydroxylation sites is 2. The van der Waals surface area contributed by atoms with Gasteiger partial charge in [-0.2, -0.15) is 0 Å². The average molecular weight is 447 g/mol. The van der Waals surface area contributed by atoms with Crippen molar-refractivity contribution in [2.24, 2.45) is 11.8 Å². The van der Waals surface area contributed by atoms with Crippen LogP contribution in [0.4, 0.5) is 11.4 Å². The van der Waals surface area contributed by atoms with Crippen molar-refractivity contribution >= 4 is 40.7 Å². The lowest BCUT2D eigenvalue weighted by molar-refractivity contribution is -0.387. The Labute approximate surface area is 184 Å². The van der Waals surface area contributed by atoms with Gasteiger partial charge in [0.1, 0.15) is 0 Å². The van der Waals surface area contributed by atoms with E-state index >= 15 is 0 Å². The zero-order valence-corrected chi connectivity index (χ0v) is 18.2. The Balaban J connectivity index is 1.72. The molecule has 0 amide bonds. The number of aromatic carboxylic acids is 1. The van der Waals surface area contributed by atoms with Gasteiger partial charge in [0, 0.05) is 23.3 Å². The van der Waals surface area contributed by atoms with E-state index in [4.69, 9.17) is 11.6 Å². The summed E-state index contributed by atoms with van der Waals surface area (Å²) >= 11 is 8.46. The van der Waals surface area contributed by atoms with E-state index in [-0.39, 0.29) is 50.6 Å². The maximum absolute atomic E-state index is 11.8. The normalized spacial score (nSPS) is 27.3. The number of benzene rings is 2. The molecule has 1 aliphatic carbocycles. The molecular weight excluding hydrogens is 424 g/mol. The van der Waals surface area contributed by atoms with E-state index in [9.17, 15) is 20.0 Å². The van der Waals surface area contributed by atoms with Gasteiger partial charge in [-0.3, -0.25) is 10.1 Å². The molecule has 0 bridgehead atoms. The maximum atomic E-state index is 11.8. The highest BCUT2D eigenvalue weighted by atomic mass is 35.5. The quantitative estimate of drug-likeness (QED) is 0.352. The van der Waals surface area contributed by atoms with Crippen LogP contribution in [0.1, 0.15) is 42.1 Å². The van der Waals surface area contributed by atoms with Crippen molar-refractivity contribution < 1.29 is 14.8 Å². The molecule has 0 unspecified atom stereocenters. The number of nitro groups is 1. The number of anilines is 1.